The molecule has 1 saturated carbocycles. The Hall–Kier alpha value is -2.59. The molecule has 2 aromatic carbocycles. The maximum absolute atomic E-state index is 10.5. The lowest BCUT2D eigenvalue weighted by Crippen LogP contribution is -2.33. The zero-order chi connectivity index (χ0) is 18.9. The van der Waals surface area contributed by atoms with Crippen LogP contribution in [0.25, 0.3) is 5.57 Å². The zero-order valence-corrected chi connectivity index (χ0v) is 15.6. The fraction of sp³-hybridized carbons (Fsp3) is 0.348. The van der Waals surface area contributed by atoms with Gasteiger partial charge in [-0.2, -0.15) is 0 Å². The lowest BCUT2D eigenvalue weighted by molar-refractivity contribution is -0.0388. The van der Waals surface area contributed by atoms with Crippen molar-refractivity contribution in [3.05, 3.63) is 70.9 Å². The Bertz CT molecular complexity index is 866. The maximum atomic E-state index is 10.5. The standard InChI is InChI=1S/C23H27N3O/c24-14-20(15-25)18-6-9-22-19(13-18)3-1-12-26(22)16-17-4-7-21(8-5-17)23(27)10-2-11-23/h4-9,13-15,24,27H,1-3,10-12,16,25H2/b20-15+,24-14?. The first-order valence-corrected chi connectivity index (χ1v) is 9.75. The number of aryl methyl sites for hydroxylation is 1. The molecule has 0 spiro atoms. The number of allylic oxidation sites excluding steroid dienone is 1. The normalized spacial score (nSPS) is 18.6. The van der Waals surface area contributed by atoms with Gasteiger partial charge in [-0.3, -0.25) is 0 Å². The van der Waals surface area contributed by atoms with Gasteiger partial charge in [-0.1, -0.05) is 30.3 Å². The first-order valence-electron chi connectivity index (χ1n) is 9.75. The number of nitrogens with two attached hydrogens (primary N) is 1. The number of rotatable bonds is 5. The van der Waals surface area contributed by atoms with Gasteiger partial charge in [-0.15, -0.1) is 0 Å². The van der Waals surface area contributed by atoms with Crippen LogP contribution in [0.3, 0.4) is 0 Å². The Labute approximate surface area is 160 Å². The van der Waals surface area contributed by atoms with Gasteiger partial charge in [0, 0.05) is 36.8 Å². The molecular formula is C23H27N3O. The third-order valence-electron chi connectivity index (χ3n) is 6.01. The zero-order valence-electron chi connectivity index (χ0n) is 15.6. The second-order valence-electron chi connectivity index (χ2n) is 7.72. The summed E-state index contributed by atoms with van der Waals surface area (Å²) in [7, 11) is 0. The molecule has 4 rings (SSSR count). The molecule has 1 aliphatic heterocycles. The number of aliphatic hydroxyl groups is 1. The molecule has 1 fully saturated rings. The Kier molecular flexibility index (Phi) is 4.75. The molecule has 0 aromatic heterocycles. The van der Waals surface area contributed by atoms with Crippen LogP contribution < -0.4 is 10.6 Å². The summed E-state index contributed by atoms with van der Waals surface area (Å²) in [6.07, 6.45) is 7.85. The minimum Gasteiger partial charge on any atom is -0.404 e. The Balaban J connectivity index is 1.53. The van der Waals surface area contributed by atoms with Gasteiger partial charge in [0.1, 0.15) is 0 Å². The molecule has 2 aromatic rings. The fourth-order valence-corrected chi connectivity index (χ4v) is 4.19. The topological polar surface area (TPSA) is 73.3 Å². The Morgan fingerprint density at radius 1 is 1.15 bits per heavy atom. The molecule has 0 amide bonds. The maximum Gasteiger partial charge on any atom is 0.0896 e. The van der Waals surface area contributed by atoms with Crippen LogP contribution in [0, 0.1) is 5.41 Å². The average Bonchev–Trinajstić information content (AvgIpc) is 2.68. The molecule has 0 unspecified atom stereocenters. The van der Waals surface area contributed by atoms with E-state index in [0.29, 0.717) is 0 Å². The van der Waals surface area contributed by atoms with Crippen LogP contribution in [0.15, 0.2) is 48.7 Å². The summed E-state index contributed by atoms with van der Waals surface area (Å²) in [5.41, 5.74) is 11.7. The monoisotopic (exact) mass is 361 g/mol. The van der Waals surface area contributed by atoms with E-state index in [1.165, 1.54) is 29.2 Å². The van der Waals surface area contributed by atoms with Gasteiger partial charge in [0.05, 0.1) is 5.60 Å². The highest BCUT2D eigenvalue weighted by Crippen LogP contribution is 2.41. The molecule has 2 aliphatic rings. The summed E-state index contributed by atoms with van der Waals surface area (Å²) in [6.45, 7) is 1.91. The fourth-order valence-electron chi connectivity index (χ4n) is 4.19. The first-order chi connectivity index (χ1) is 13.1. The molecule has 0 bridgehead atoms. The van der Waals surface area contributed by atoms with Crippen molar-refractivity contribution >= 4 is 17.5 Å². The number of hydrogen-bond acceptors (Lipinski definition) is 4. The second-order valence-corrected chi connectivity index (χ2v) is 7.72. The Morgan fingerprint density at radius 3 is 2.56 bits per heavy atom. The van der Waals surface area contributed by atoms with Crippen molar-refractivity contribution in [3.8, 4) is 0 Å². The number of hydrogen-bond donors (Lipinski definition) is 3. The van der Waals surface area contributed by atoms with E-state index in [-0.39, 0.29) is 0 Å². The number of benzene rings is 2. The minimum absolute atomic E-state index is 0.588. The smallest absolute Gasteiger partial charge is 0.0896 e. The van der Waals surface area contributed by atoms with E-state index < -0.39 is 5.60 Å². The van der Waals surface area contributed by atoms with Gasteiger partial charge >= 0.3 is 0 Å². The number of fused-ring (bicyclic) bond motifs is 1. The molecule has 0 radical (unpaired) electrons. The van der Waals surface area contributed by atoms with Gasteiger partial charge < -0.3 is 21.1 Å². The van der Waals surface area contributed by atoms with Crippen LogP contribution in [0.2, 0.25) is 0 Å². The molecule has 27 heavy (non-hydrogen) atoms. The number of anilines is 1. The van der Waals surface area contributed by atoms with Crippen molar-refractivity contribution in [1.82, 2.24) is 0 Å². The molecule has 4 nitrogen and oxygen atoms in total. The SMILES string of the molecule is N=C/C(=C\N)c1ccc2c(c1)CCCN2Cc1ccc(C2(O)CCC2)cc1. The highest BCUT2D eigenvalue weighted by atomic mass is 16.3. The largest absolute Gasteiger partial charge is 0.404 e. The van der Waals surface area contributed by atoms with Gasteiger partial charge in [0.25, 0.3) is 0 Å². The summed E-state index contributed by atoms with van der Waals surface area (Å²) >= 11 is 0. The summed E-state index contributed by atoms with van der Waals surface area (Å²) in [5, 5.41) is 18.0. The van der Waals surface area contributed by atoms with E-state index >= 15 is 0 Å². The number of nitrogens with zero attached hydrogens (tertiary/aromatic N) is 1. The van der Waals surface area contributed by atoms with Crippen molar-refractivity contribution in [2.45, 2.75) is 44.2 Å². The van der Waals surface area contributed by atoms with E-state index in [4.69, 9.17) is 11.1 Å². The average molecular weight is 361 g/mol. The van der Waals surface area contributed by atoms with E-state index in [2.05, 4.69) is 47.4 Å². The van der Waals surface area contributed by atoms with Crippen LogP contribution >= 0.6 is 0 Å². The van der Waals surface area contributed by atoms with Crippen molar-refractivity contribution < 1.29 is 5.11 Å². The summed E-state index contributed by atoms with van der Waals surface area (Å²) in [6, 6.07) is 14.9. The quantitative estimate of drug-likeness (QED) is 0.706. The van der Waals surface area contributed by atoms with Crippen molar-refractivity contribution in [2.75, 3.05) is 11.4 Å². The predicted molar refractivity (Wildman–Crippen MR) is 111 cm³/mol. The molecule has 4 heteroatoms. The lowest BCUT2D eigenvalue weighted by Gasteiger charge is -2.37. The van der Waals surface area contributed by atoms with Gasteiger partial charge in [-0.05, 0) is 66.5 Å². The molecule has 1 heterocycles. The van der Waals surface area contributed by atoms with Gasteiger partial charge in [-0.25, -0.2) is 0 Å². The van der Waals surface area contributed by atoms with Crippen molar-refractivity contribution in [3.63, 3.8) is 0 Å². The predicted octanol–water partition coefficient (Wildman–Crippen LogP) is 3.96. The first kappa shape index (κ1) is 17.8. The van der Waals surface area contributed by atoms with Crippen LogP contribution in [0.4, 0.5) is 5.69 Å². The summed E-state index contributed by atoms with van der Waals surface area (Å²) < 4.78 is 0. The van der Waals surface area contributed by atoms with Gasteiger partial charge in [0.2, 0.25) is 0 Å². The molecular weight excluding hydrogens is 334 g/mol. The third kappa shape index (κ3) is 3.37. The summed E-state index contributed by atoms with van der Waals surface area (Å²) in [5.74, 6) is 0. The minimum atomic E-state index is -0.588. The lowest BCUT2D eigenvalue weighted by atomic mass is 9.75. The second kappa shape index (κ2) is 7.20. The van der Waals surface area contributed by atoms with Gasteiger partial charge in [0.15, 0.2) is 0 Å². The molecule has 0 atom stereocenters. The van der Waals surface area contributed by atoms with Crippen LogP contribution in [-0.4, -0.2) is 17.9 Å². The van der Waals surface area contributed by atoms with Crippen LogP contribution in [-0.2, 0) is 18.6 Å². The molecule has 0 saturated heterocycles. The molecule has 140 valence electrons. The Morgan fingerprint density at radius 2 is 1.93 bits per heavy atom. The van der Waals surface area contributed by atoms with Crippen molar-refractivity contribution in [1.29, 1.82) is 5.41 Å². The van der Waals surface area contributed by atoms with Crippen molar-refractivity contribution in [2.24, 2.45) is 5.73 Å². The van der Waals surface area contributed by atoms with E-state index in [0.717, 1.165) is 61.9 Å². The van der Waals surface area contributed by atoms with Crippen LogP contribution in [0.1, 0.15) is 47.9 Å². The highest BCUT2D eigenvalue weighted by molar-refractivity contribution is 6.08. The molecule has 4 N–H and O–H groups in total. The van der Waals surface area contributed by atoms with E-state index in [1.807, 2.05) is 0 Å². The summed E-state index contributed by atoms with van der Waals surface area (Å²) in [4.78, 5) is 2.42. The van der Waals surface area contributed by atoms with Crippen LogP contribution in [0.5, 0.6) is 0 Å². The van der Waals surface area contributed by atoms with E-state index in [9.17, 15) is 5.11 Å². The highest BCUT2D eigenvalue weighted by Gasteiger charge is 2.35. The molecule has 1 aliphatic carbocycles. The number of nitrogens with one attached hydrogen (secondary N) is 1. The van der Waals surface area contributed by atoms with E-state index in [1.54, 1.807) is 0 Å². The third-order valence-corrected chi connectivity index (χ3v) is 6.01.